The van der Waals surface area contributed by atoms with Gasteiger partial charge in [-0.1, -0.05) is 0 Å². The number of halogens is 7. The fourth-order valence-electron chi connectivity index (χ4n) is 4.04. The van der Waals surface area contributed by atoms with Crippen LogP contribution in [0.1, 0.15) is 0 Å². The molecular weight excluding hydrogens is 553 g/mol. The summed E-state index contributed by atoms with van der Waals surface area (Å²) in [5.74, 6) is -5.08. The second-order valence-corrected chi connectivity index (χ2v) is 8.98. The number of aromatic nitrogens is 2. The van der Waals surface area contributed by atoms with E-state index in [9.17, 15) is 35.9 Å². The van der Waals surface area contributed by atoms with Gasteiger partial charge < -0.3 is 19.9 Å². The third kappa shape index (κ3) is 6.91. The monoisotopic (exact) mass is 574 g/mol. The molecule has 2 aliphatic rings. The van der Waals surface area contributed by atoms with E-state index in [4.69, 9.17) is 0 Å². The van der Waals surface area contributed by atoms with Gasteiger partial charge in [-0.25, -0.2) is 19.4 Å². The Bertz CT molecular complexity index is 1330. The summed E-state index contributed by atoms with van der Waals surface area (Å²) >= 11 is 0. The Morgan fingerprint density at radius 1 is 1.07 bits per heavy atom. The van der Waals surface area contributed by atoms with Crippen LogP contribution in [0.15, 0.2) is 41.2 Å². The molecule has 9 nitrogen and oxygen atoms in total. The molecule has 0 saturated carbocycles. The minimum atomic E-state index is -4.99. The molecule has 4 rings (SSSR count). The van der Waals surface area contributed by atoms with Gasteiger partial charge in [0, 0.05) is 62.0 Å². The fraction of sp³-hybridized carbons (Fsp3) is 0.375. The summed E-state index contributed by atoms with van der Waals surface area (Å²) in [6.45, 7) is 0.366. The lowest BCUT2D eigenvalue weighted by atomic mass is 9.95. The van der Waals surface area contributed by atoms with Crippen LogP contribution in [-0.4, -0.2) is 85.1 Å². The van der Waals surface area contributed by atoms with E-state index in [1.165, 1.54) is 0 Å². The molecule has 1 saturated heterocycles. The number of rotatable bonds is 6. The molecule has 1 unspecified atom stereocenters. The highest BCUT2D eigenvalue weighted by molar-refractivity contribution is 6.11. The van der Waals surface area contributed by atoms with Crippen molar-refractivity contribution in [2.75, 3.05) is 50.1 Å². The van der Waals surface area contributed by atoms with Gasteiger partial charge >= 0.3 is 18.4 Å². The van der Waals surface area contributed by atoms with Crippen molar-refractivity contribution in [3.8, 4) is 17.1 Å². The lowest BCUT2D eigenvalue weighted by molar-refractivity contribution is -0.154. The van der Waals surface area contributed by atoms with Gasteiger partial charge in [0.15, 0.2) is 6.61 Å². The molecule has 0 radical (unpaired) electrons. The molecule has 2 aliphatic heterocycles. The number of hydrogen-bond donors (Lipinski definition) is 1. The van der Waals surface area contributed by atoms with Crippen LogP contribution in [0.5, 0.6) is 6.01 Å². The van der Waals surface area contributed by atoms with E-state index >= 15 is 4.39 Å². The standard InChI is InChI=1S/C24H21F7N6O3/c1-36-2-4-37(5-3-36)19-8-17(25)14(13-9-33-22(34-10-13)40-12-23(26,27)28)6-18(19)35-21(39)15-11-32-20(38)7-16(15)24(29,30)31/h6-11,15H,2-5,12H2,1H3,(H,35,39). The van der Waals surface area contributed by atoms with Gasteiger partial charge in [-0.05, 0) is 19.2 Å². The molecule has 1 aromatic heterocycles. The molecule has 1 N–H and O–H groups in total. The van der Waals surface area contributed by atoms with Crippen molar-refractivity contribution in [3.05, 3.63) is 42.0 Å². The predicted octanol–water partition coefficient (Wildman–Crippen LogP) is 3.63. The Morgan fingerprint density at radius 3 is 2.33 bits per heavy atom. The summed E-state index contributed by atoms with van der Waals surface area (Å²) in [4.78, 5) is 38.8. The van der Waals surface area contributed by atoms with Crippen LogP contribution in [0.4, 0.5) is 42.1 Å². The molecule has 16 heteroatoms. The largest absolute Gasteiger partial charge is 0.454 e. The van der Waals surface area contributed by atoms with Crippen LogP contribution < -0.4 is 15.0 Å². The second-order valence-electron chi connectivity index (χ2n) is 8.98. The van der Waals surface area contributed by atoms with Crippen molar-refractivity contribution in [1.29, 1.82) is 0 Å². The molecule has 2 amide bonds. The maximum atomic E-state index is 15.3. The number of amides is 2. The van der Waals surface area contributed by atoms with E-state index in [0.29, 0.717) is 32.4 Å². The van der Waals surface area contributed by atoms with Gasteiger partial charge in [-0.2, -0.15) is 26.3 Å². The molecule has 3 heterocycles. The Balaban J connectivity index is 1.68. The first kappa shape index (κ1) is 28.9. The smallest absolute Gasteiger partial charge is 0.422 e. The molecule has 0 bridgehead atoms. The van der Waals surface area contributed by atoms with E-state index in [0.717, 1.165) is 24.5 Å². The summed E-state index contributed by atoms with van der Waals surface area (Å²) in [7, 11) is 1.88. The molecule has 1 fully saturated rings. The minimum Gasteiger partial charge on any atom is -0.454 e. The SMILES string of the molecule is CN1CCN(c2cc(F)c(-c3cnc(OCC(F)(F)F)nc3)cc2NC(=O)C2C=NC(=O)C=C2C(F)(F)F)CC1. The number of hydrogen-bond acceptors (Lipinski definition) is 7. The first-order chi connectivity index (χ1) is 18.7. The average molecular weight is 574 g/mol. The van der Waals surface area contributed by atoms with E-state index in [-0.39, 0.29) is 28.6 Å². The van der Waals surface area contributed by atoms with Gasteiger partial charge in [0.1, 0.15) is 11.7 Å². The highest BCUT2D eigenvalue weighted by Crippen LogP contribution is 2.37. The molecule has 0 aliphatic carbocycles. The van der Waals surface area contributed by atoms with Crippen molar-refractivity contribution >= 4 is 29.4 Å². The van der Waals surface area contributed by atoms with Crippen LogP contribution in [0.25, 0.3) is 11.1 Å². The van der Waals surface area contributed by atoms with Crippen molar-refractivity contribution in [3.63, 3.8) is 0 Å². The van der Waals surface area contributed by atoms with Crippen LogP contribution in [0.2, 0.25) is 0 Å². The van der Waals surface area contributed by atoms with Gasteiger partial charge in [-0.15, -0.1) is 0 Å². The number of anilines is 2. The van der Waals surface area contributed by atoms with Crippen LogP contribution in [-0.2, 0) is 9.59 Å². The van der Waals surface area contributed by atoms with E-state index in [2.05, 4.69) is 25.0 Å². The number of nitrogens with zero attached hydrogens (tertiary/aromatic N) is 5. The number of nitrogens with one attached hydrogen (secondary N) is 1. The van der Waals surface area contributed by atoms with E-state index in [1.807, 2.05) is 11.9 Å². The third-order valence-corrected chi connectivity index (χ3v) is 6.07. The number of dihydropyridines is 1. The normalized spacial score (nSPS) is 18.5. The van der Waals surface area contributed by atoms with Gasteiger partial charge in [0.2, 0.25) is 5.91 Å². The highest BCUT2D eigenvalue weighted by Gasteiger charge is 2.43. The Hall–Kier alpha value is -4.08. The number of ether oxygens (including phenoxy) is 1. The number of likely N-dealkylation sites (N-methyl/N-ethyl adjacent to an activating group) is 1. The first-order valence-electron chi connectivity index (χ1n) is 11.7. The van der Waals surface area contributed by atoms with Crippen LogP contribution >= 0.6 is 0 Å². The number of carbonyl (C=O) groups excluding carboxylic acids is 2. The zero-order chi connectivity index (χ0) is 29.2. The summed E-state index contributed by atoms with van der Waals surface area (Å²) < 4.78 is 97.5. The number of benzene rings is 1. The van der Waals surface area contributed by atoms with E-state index < -0.39 is 54.1 Å². The predicted molar refractivity (Wildman–Crippen MR) is 128 cm³/mol. The first-order valence-corrected chi connectivity index (χ1v) is 11.7. The van der Waals surface area contributed by atoms with Crippen molar-refractivity contribution < 1.29 is 45.1 Å². The average Bonchev–Trinajstić information content (AvgIpc) is 2.88. The molecule has 40 heavy (non-hydrogen) atoms. The number of aliphatic imine (C=N–C) groups is 1. The fourth-order valence-corrected chi connectivity index (χ4v) is 4.04. The zero-order valence-electron chi connectivity index (χ0n) is 20.7. The summed E-state index contributed by atoms with van der Waals surface area (Å²) in [5, 5.41) is 2.40. The summed E-state index contributed by atoms with van der Waals surface area (Å²) in [5.41, 5.74) is -1.45. The topological polar surface area (TPSA) is 100 Å². The molecular formula is C24H21F7N6O3. The Morgan fingerprint density at radius 2 is 1.73 bits per heavy atom. The Kier molecular flexibility index (Phi) is 8.09. The Labute approximate surface area is 222 Å². The molecule has 2 aromatic rings. The quantitative estimate of drug-likeness (QED) is 0.526. The second kappa shape index (κ2) is 11.2. The molecule has 1 atom stereocenters. The maximum Gasteiger partial charge on any atom is 0.422 e. The molecule has 214 valence electrons. The maximum absolute atomic E-state index is 15.3. The van der Waals surface area contributed by atoms with Crippen molar-refractivity contribution in [2.24, 2.45) is 10.9 Å². The summed E-state index contributed by atoms with van der Waals surface area (Å²) in [6, 6.07) is 1.64. The van der Waals surface area contributed by atoms with Crippen molar-refractivity contribution in [1.82, 2.24) is 14.9 Å². The van der Waals surface area contributed by atoms with Crippen LogP contribution in [0.3, 0.4) is 0 Å². The minimum absolute atomic E-state index is 0.00186. The summed E-state index contributed by atoms with van der Waals surface area (Å²) in [6.07, 6.45) is -6.79. The number of piperazine rings is 1. The van der Waals surface area contributed by atoms with Gasteiger partial charge in [0.05, 0.1) is 16.9 Å². The highest BCUT2D eigenvalue weighted by atomic mass is 19.4. The van der Waals surface area contributed by atoms with Gasteiger partial charge in [-0.3, -0.25) is 9.59 Å². The number of carbonyl (C=O) groups is 2. The van der Waals surface area contributed by atoms with E-state index in [1.54, 1.807) is 4.90 Å². The van der Waals surface area contributed by atoms with Crippen LogP contribution in [0, 0.1) is 11.7 Å². The zero-order valence-corrected chi connectivity index (χ0v) is 20.7. The molecule has 0 spiro atoms. The van der Waals surface area contributed by atoms with Crippen molar-refractivity contribution in [2.45, 2.75) is 12.4 Å². The van der Waals surface area contributed by atoms with Gasteiger partial charge in [0.25, 0.3) is 5.91 Å². The lowest BCUT2D eigenvalue weighted by Gasteiger charge is -2.35. The molecule has 1 aromatic carbocycles. The third-order valence-electron chi connectivity index (χ3n) is 6.07. The number of alkyl halides is 6. The lowest BCUT2D eigenvalue weighted by Crippen LogP contribution is -2.45.